The third kappa shape index (κ3) is 5.04. The molecule has 28 heavy (non-hydrogen) atoms. The van der Waals surface area contributed by atoms with E-state index in [2.05, 4.69) is 29.8 Å². The lowest BCUT2D eigenvalue weighted by Crippen LogP contribution is -2.30. The standard InChI is InChI=1S/C22H25ClN2O3/c1-14-12-18(16(3)25(14)20-9-10-20)6-11-22(27)28-13-21(26)24-15(2)17-4-7-19(23)8-5-17/h4-8,11-12,15,20H,9-10,13H2,1-3H3,(H,24,26)/b11-6+/t15-/m1/s1. The van der Waals surface area contributed by atoms with Gasteiger partial charge in [-0.05, 0) is 69.0 Å². The summed E-state index contributed by atoms with van der Waals surface area (Å²) in [6, 6.07) is 9.69. The molecule has 1 heterocycles. The highest BCUT2D eigenvalue weighted by molar-refractivity contribution is 6.30. The molecular formula is C22H25ClN2O3. The maximum absolute atomic E-state index is 12.0. The van der Waals surface area contributed by atoms with Crippen molar-refractivity contribution in [3.63, 3.8) is 0 Å². The highest BCUT2D eigenvalue weighted by atomic mass is 35.5. The summed E-state index contributed by atoms with van der Waals surface area (Å²) >= 11 is 5.87. The number of benzene rings is 1. The lowest BCUT2D eigenvalue weighted by molar-refractivity contribution is -0.144. The molecule has 0 spiro atoms. The minimum Gasteiger partial charge on any atom is -0.452 e. The fraction of sp³-hybridized carbons (Fsp3) is 0.364. The number of aryl methyl sites for hydroxylation is 1. The first-order chi connectivity index (χ1) is 13.3. The van der Waals surface area contributed by atoms with Crippen LogP contribution in [0.2, 0.25) is 5.02 Å². The van der Waals surface area contributed by atoms with Crippen LogP contribution in [0.5, 0.6) is 0 Å². The van der Waals surface area contributed by atoms with Gasteiger partial charge in [0.05, 0.1) is 6.04 Å². The van der Waals surface area contributed by atoms with E-state index < -0.39 is 5.97 Å². The molecule has 1 aromatic carbocycles. The molecule has 0 radical (unpaired) electrons. The quantitative estimate of drug-likeness (QED) is 0.548. The third-order valence-corrected chi connectivity index (χ3v) is 5.18. The van der Waals surface area contributed by atoms with E-state index in [-0.39, 0.29) is 18.6 Å². The molecule has 1 aliphatic carbocycles. The van der Waals surface area contributed by atoms with Gasteiger partial charge < -0.3 is 14.6 Å². The van der Waals surface area contributed by atoms with Crippen molar-refractivity contribution in [1.82, 2.24) is 9.88 Å². The van der Waals surface area contributed by atoms with Crippen molar-refractivity contribution in [3.05, 3.63) is 63.9 Å². The van der Waals surface area contributed by atoms with Gasteiger partial charge in [-0.2, -0.15) is 0 Å². The summed E-state index contributed by atoms with van der Waals surface area (Å²) in [6.07, 6.45) is 5.54. The fourth-order valence-corrected chi connectivity index (χ4v) is 3.45. The summed E-state index contributed by atoms with van der Waals surface area (Å²) in [6.45, 7) is 5.68. The van der Waals surface area contributed by atoms with Crippen LogP contribution in [-0.4, -0.2) is 23.1 Å². The van der Waals surface area contributed by atoms with Crippen LogP contribution in [-0.2, 0) is 14.3 Å². The summed E-state index contributed by atoms with van der Waals surface area (Å²) in [4.78, 5) is 24.0. The van der Waals surface area contributed by atoms with Crippen molar-refractivity contribution >= 4 is 29.6 Å². The van der Waals surface area contributed by atoms with Gasteiger partial charge in [0, 0.05) is 28.5 Å². The molecule has 6 heteroatoms. The Balaban J connectivity index is 1.48. The molecule has 1 atom stereocenters. The van der Waals surface area contributed by atoms with Crippen molar-refractivity contribution in [3.8, 4) is 0 Å². The first-order valence-electron chi connectivity index (χ1n) is 9.43. The number of nitrogens with zero attached hydrogens (tertiary/aromatic N) is 1. The van der Waals surface area contributed by atoms with E-state index in [1.807, 2.05) is 19.1 Å². The number of amides is 1. The van der Waals surface area contributed by atoms with Crippen molar-refractivity contribution in [2.45, 2.75) is 45.7 Å². The van der Waals surface area contributed by atoms with Crippen LogP contribution in [0.15, 0.2) is 36.4 Å². The van der Waals surface area contributed by atoms with Crippen LogP contribution in [0.3, 0.4) is 0 Å². The van der Waals surface area contributed by atoms with Crippen LogP contribution in [0.25, 0.3) is 6.08 Å². The molecule has 1 N–H and O–H groups in total. The summed E-state index contributed by atoms with van der Waals surface area (Å²) in [7, 11) is 0. The lowest BCUT2D eigenvalue weighted by Gasteiger charge is -2.14. The minimum absolute atomic E-state index is 0.202. The van der Waals surface area contributed by atoms with Crippen molar-refractivity contribution in [2.75, 3.05) is 6.61 Å². The SMILES string of the molecule is Cc1cc(/C=C/C(=O)OCC(=O)N[C@H](C)c2ccc(Cl)cc2)c(C)n1C1CC1. The van der Waals surface area contributed by atoms with Gasteiger partial charge in [0.2, 0.25) is 0 Å². The zero-order valence-corrected chi connectivity index (χ0v) is 17.1. The molecule has 0 saturated heterocycles. The molecule has 1 aliphatic rings. The summed E-state index contributed by atoms with van der Waals surface area (Å²) < 4.78 is 7.37. The first kappa shape index (κ1) is 20.2. The average Bonchev–Trinajstić information content (AvgIpc) is 3.44. The number of hydrogen-bond donors (Lipinski definition) is 1. The van der Waals surface area contributed by atoms with Gasteiger partial charge in [-0.15, -0.1) is 0 Å². The Kier molecular flexibility index (Phi) is 6.25. The second-order valence-electron chi connectivity index (χ2n) is 7.21. The van der Waals surface area contributed by atoms with E-state index in [0.717, 1.165) is 16.8 Å². The van der Waals surface area contributed by atoms with Crippen molar-refractivity contribution < 1.29 is 14.3 Å². The Hall–Kier alpha value is -2.53. The smallest absolute Gasteiger partial charge is 0.331 e. The molecular weight excluding hydrogens is 376 g/mol. The average molecular weight is 401 g/mol. The van der Waals surface area contributed by atoms with E-state index >= 15 is 0 Å². The highest BCUT2D eigenvalue weighted by Gasteiger charge is 2.26. The van der Waals surface area contributed by atoms with Crippen molar-refractivity contribution in [2.24, 2.45) is 0 Å². The third-order valence-electron chi connectivity index (χ3n) is 4.93. The van der Waals surface area contributed by atoms with Gasteiger partial charge in [0.1, 0.15) is 0 Å². The van der Waals surface area contributed by atoms with Gasteiger partial charge in [0.25, 0.3) is 5.91 Å². The molecule has 0 unspecified atom stereocenters. The van der Waals surface area contributed by atoms with E-state index in [9.17, 15) is 9.59 Å². The van der Waals surface area contributed by atoms with Gasteiger partial charge in [-0.3, -0.25) is 4.79 Å². The molecule has 3 rings (SSSR count). The summed E-state index contributed by atoms with van der Waals surface area (Å²) in [5, 5.41) is 3.44. The predicted molar refractivity (Wildman–Crippen MR) is 110 cm³/mol. The largest absolute Gasteiger partial charge is 0.452 e. The van der Waals surface area contributed by atoms with Crippen LogP contribution >= 0.6 is 11.6 Å². The first-order valence-corrected chi connectivity index (χ1v) is 9.81. The number of nitrogens with one attached hydrogen (secondary N) is 1. The zero-order valence-electron chi connectivity index (χ0n) is 16.4. The van der Waals surface area contributed by atoms with Crippen LogP contribution < -0.4 is 5.32 Å². The molecule has 0 bridgehead atoms. The molecule has 1 amide bonds. The molecule has 0 aliphatic heterocycles. The minimum atomic E-state index is -0.537. The summed E-state index contributed by atoms with van der Waals surface area (Å²) in [5.41, 5.74) is 4.28. The topological polar surface area (TPSA) is 60.3 Å². The van der Waals surface area contributed by atoms with E-state index in [1.165, 1.54) is 24.6 Å². The zero-order chi connectivity index (χ0) is 20.3. The molecule has 148 valence electrons. The lowest BCUT2D eigenvalue weighted by atomic mass is 10.1. The van der Waals surface area contributed by atoms with Gasteiger partial charge in [-0.25, -0.2) is 4.79 Å². The number of esters is 1. The van der Waals surface area contributed by atoms with Gasteiger partial charge in [0.15, 0.2) is 6.61 Å². The van der Waals surface area contributed by atoms with Gasteiger partial charge in [-0.1, -0.05) is 23.7 Å². The Bertz CT molecular complexity index is 895. The Morgan fingerprint density at radius 2 is 1.96 bits per heavy atom. The number of hydrogen-bond acceptors (Lipinski definition) is 3. The maximum Gasteiger partial charge on any atom is 0.331 e. The second-order valence-corrected chi connectivity index (χ2v) is 7.65. The molecule has 2 aromatic rings. The van der Waals surface area contributed by atoms with Gasteiger partial charge >= 0.3 is 5.97 Å². The Morgan fingerprint density at radius 1 is 1.29 bits per heavy atom. The van der Waals surface area contributed by atoms with Crippen molar-refractivity contribution in [1.29, 1.82) is 0 Å². The number of carbonyl (C=O) groups excluding carboxylic acids is 2. The monoisotopic (exact) mass is 400 g/mol. The number of carbonyl (C=O) groups is 2. The highest BCUT2D eigenvalue weighted by Crippen LogP contribution is 2.38. The molecule has 5 nitrogen and oxygen atoms in total. The maximum atomic E-state index is 12.0. The Labute approximate surface area is 170 Å². The van der Waals surface area contributed by atoms with Crippen LogP contribution in [0.1, 0.15) is 54.4 Å². The number of ether oxygens (including phenoxy) is 1. The van der Waals surface area contributed by atoms with E-state index in [1.54, 1.807) is 18.2 Å². The molecule has 1 saturated carbocycles. The van der Waals surface area contributed by atoms with E-state index in [0.29, 0.717) is 11.1 Å². The van der Waals surface area contributed by atoms with Crippen LogP contribution in [0, 0.1) is 13.8 Å². The predicted octanol–water partition coefficient (Wildman–Crippen LogP) is 4.53. The number of aromatic nitrogens is 1. The Morgan fingerprint density at radius 3 is 2.61 bits per heavy atom. The van der Waals surface area contributed by atoms with E-state index in [4.69, 9.17) is 16.3 Å². The summed E-state index contributed by atoms with van der Waals surface area (Å²) in [5.74, 6) is -0.887. The van der Waals surface area contributed by atoms with Crippen LogP contribution in [0.4, 0.5) is 0 Å². The molecule has 1 aromatic heterocycles. The number of halogens is 1. The molecule has 1 fully saturated rings. The number of rotatable bonds is 7. The normalized spacial score (nSPS) is 14.9. The second kappa shape index (κ2) is 8.65. The fourth-order valence-electron chi connectivity index (χ4n) is 3.33.